The fourth-order valence-corrected chi connectivity index (χ4v) is 4.98. The third-order valence-electron chi connectivity index (χ3n) is 6.99. The molecular formula is C30H28ClN5O3. The molecule has 0 aliphatic carbocycles. The number of hydrogen-bond donors (Lipinski definition) is 1. The molecule has 8 nitrogen and oxygen atoms in total. The number of nitrogens with zero attached hydrogens (tertiary/aromatic N) is 4. The van der Waals surface area contributed by atoms with Crippen molar-refractivity contribution in [1.82, 2.24) is 19.9 Å². The third-order valence-corrected chi connectivity index (χ3v) is 6.99. The number of piperidine rings is 1. The first-order valence-corrected chi connectivity index (χ1v) is 12.7. The summed E-state index contributed by atoms with van der Waals surface area (Å²) < 4.78 is 6.05. The van der Waals surface area contributed by atoms with Crippen LogP contribution in [0.3, 0.4) is 0 Å². The molecule has 0 atom stereocenters. The van der Waals surface area contributed by atoms with Crippen LogP contribution < -0.4 is 9.64 Å². The summed E-state index contributed by atoms with van der Waals surface area (Å²) in [6, 6.07) is 20.7. The minimum atomic E-state index is -0.246. The Morgan fingerprint density at radius 3 is 2.56 bits per heavy atom. The summed E-state index contributed by atoms with van der Waals surface area (Å²) >= 11 is 0. The lowest BCUT2D eigenvalue weighted by molar-refractivity contribution is -0.131. The molecule has 39 heavy (non-hydrogen) atoms. The second-order valence-electron chi connectivity index (χ2n) is 9.40. The number of likely N-dealkylation sites (tertiary alicyclic amines) is 1. The van der Waals surface area contributed by atoms with Gasteiger partial charge in [-0.1, -0.05) is 24.3 Å². The molecule has 198 valence electrons. The molecule has 9 heteroatoms. The summed E-state index contributed by atoms with van der Waals surface area (Å²) in [6.07, 6.45) is 8.44. The maximum absolute atomic E-state index is 13.9. The van der Waals surface area contributed by atoms with E-state index in [4.69, 9.17) is 4.74 Å². The van der Waals surface area contributed by atoms with Crippen LogP contribution >= 0.6 is 12.4 Å². The molecule has 0 radical (unpaired) electrons. The van der Waals surface area contributed by atoms with Crippen molar-refractivity contribution in [2.45, 2.75) is 18.9 Å². The van der Waals surface area contributed by atoms with Gasteiger partial charge in [-0.15, -0.1) is 12.4 Å². The number of carbonyl (C=O) groups excluding carboxylic acids is 2. The summed E-state index contributed by atoms with van der Waals surface area (Å²) in [4.78, 5) is 42.6. The van der Waals surface area contributed by atoms with E-state index in [0.717, 1.165) is 34.9 Å². The number of H-pyrrole nitrogens is 1. The molecule has 2 aromatic carbocycles. The van der Waals surface area contributed by atoms with Gasteiger partial charge in [0.1, 0.15) is 18.4 Å². The second-order valence-corrected chi connectivity index (χ2v) is 9.40. The van der Waals surface area contributed by atoms with Crippen LogP contribution in [-0.4, -0.2) is 57.4 Å². The highest BCUT2D eigenvalue weighted by Crippen LogP contribution is 2.28. The largest absolute Gasteiger partial charge is 0.490 e. The number of ether oxygens (including phenoxy) is 1. The van der Waals surface area contributed by atoms with Gasteiger partial charge >= 0.3 is 0 Å². The van der Waals surface area contributed by atoms with Crippen molar-refractivity contribution in [3.63, 3.8) is 0 Å². The van der Waals surface area contributed by atoms with Crippen molar-refractivity contribution in [1.29, 1.82) is 0 Å². The van der Waals surface area contributed by atoms with Crippen molar-refractivity contribution >= 4 is 51.7 Å². The van der Waals surface area contributed by atoms with Gasteiger partial charge in [-0.3, -0.25) is 24.5 Å². The maximum Gasteiger partial charge on any atom is 0.258 e. The Morgan fingerprint density at radius 2 is 1.74 bits per heavy atom. The molecule has 1 aliphatic heterocycles. The van der Waals surface area contributed by atoms with Crippen LogP contribution in [0.25, 0.3) is 21.8 Å². The molecule has 4 heterocycles. The zero-order valence-corrected chi connectivity index (χ0v) is 22.0. The summed E-state index contributed by atoms with van der Waals surface area (Å²) in [5.74, 6) is 0.433. The molecular weight excluding hydrogens is 514 g/mol. The number of fused-ring (bicyclic) bond motifs is 2. The average molecular weight is 542 g/mol. The van der Waals surface area contributed by atoms with E-state index < -0.39 is 0 Å². The van der Waals surface area contributed by atoms with E-state index in [1.165, 1.54) is 0 Å². The van der Waals surface area contributed by atoms with Crippen LogP contribution in [0.4, 0.5) is 5.69 Å². The highest BCUT2D eigenvalue weighted by molar-refractivity contribution is 6.13. The Balaban J connectivity index is 0.00000308. The number of para-hydroxylation sites is 1. The van der Waals surface area contributed by atoms with Gasteiger partial charge < -0.3 is 14.6 Å². The molecule has 1 N–H and O–H groups in total. The van der Waals surface area contributed by atoms with Gasteiger partial charge in [0, 0.05) is 67.2 Å². The lowest BCUT2D eigenvalue weighted by Crippen LogP contribution is -2.47. The number of rotatable bonds is 6. The Morgan fingerprint density at radius 1 is 0.949 bits per heavy atom. The number of hydrogen-bond acceptors (Lipinski definition) is 5. The molecule has 3 aromatic heterocycles. The van der Waals surface area contributed by atoms with Gasteiger partial charge in [-0.05, 0) is 47.9 Å². The molecule has 6 rings (SSSR count). The maximum atomic E-state index is 13.9. The zero-order valence-electron chi connectivity index (χ0n) is 21.2. The SMILES string of the molecule is Cl.O=C(CN(C(=O)c1ccc2cc[nH]c2c1)c1cccc2cccnc12)N1CCC(Oc2ccncc2)CC1. The van der Waals surface area contributed by atoms with E-state index in [-0.39, 0.29) is 36.9 Å². The molecule has 1 saturated heterocycles. The summed E-state index contributed by atoms with van der Waals surface area (Å²) in [7, 11) is 0. The molecule has 2 amide bonds. The van der Waals surface area contributed by atoms with Crippen LogP contribution in [0.15, 0.2) is 91.5 Å². The number of aromatic amines is 1. The summed E-state index contributed by atoms with van der Waals surface area (Å²) in [6.45, 7) is 1.06. The number of anilines is 1. The summed E-state index contributed by atoms with van der Waals surface area (Å²) in [5, 5.41) is 1.93. The van der Waals surface area contributed by atoms with Crippen molar-refractivity contribution in [3.8, 4) is 5.75 Å². The lowest BCUT2D eigenvalue weighted by atomic mass is 10.1. The van der Waals surface area contributed by atoms with Gasteiger partial charge in [-0.25, -0.2) is 0 Å². The average Bonchev–Trinajstić information content (AvgIpc) is 3.44. The molecule has 0 saturated carbocycles. The van der Waals surface area contributed by atoms with Gasteiger partial charge in [0.05, 0.1) is 11.2 Å². The predicted octanol–water partition coefficient (Wildman–Crippen LogP) is 5.25. The molecule has 0 unspecified atom stereocenters. The number of aromatic nitrogens is 3. The molecule has 0 spiro atoms. The lowest BCUT2D eigenvalue weighted by Gasteiger charge is -2.34. The van der Waals surface area contributed by atoms with E-state index in [9.17, 15) is 9.59 Å². The van der Waals surface area contributed by atoms with E-state index in [1.54, 1.807) is 29.6 Å². The van der Waals surface area contributed by atoms with Crippen molar-refractivity contribution in [2.75, 3.05) is 24.5 Å². The molecule has 0 bridgehead atoms. The minimum absolute atomic E-state index is 0. The fourth-order valence-electron chi connectivity index (χ4n) is 4.98. The Labute approximate surface area is 232 Å². The van der Waals surface area contributed by atoms with Crippen LogP contribution in [0.1, 0.15) is 23.2 Å². The molecule has 5 aromatic rings. The van der Waals surface area contributed by atoms with Crippen LogP contribution in [0.5, 0.6) is 5.75 Å². The molecule has 1 aliphatic rings. The van der Waals surface area contributed by atoms with E-state index in [0.29, 0.717) is 29.9 Å². The van der Waals surface area contributed by atoms with E-state index >= 15 is 0 Å². The predicted molar refractivity (Wildman–Crippen MR) is 153 cm³/mol. The Bertz CT molecular complexity index is 1590. The van der Waals surface area contributed by atoms with Gasteiger partial charge in [0.25, 0.3) is 5.91 Å². The van der Waals surface area contributed by atoms with E-state index in [1.807, 2.05) is 71.8 Å². The number of amides is 2. The van der Waals surface area contributed by atoms with Gasteiger partial charge in [0.2, 0.25) is 5.91 Å². The normalized spacial score (nSPS) is 13.7. The highest BCUT2D eigenvalue weighted by Gasteiger charge is 2.29. The number of nitrogens with one attached hydrogen (secondary N) is 1. The zero-order chi connectivity index (χ0) is 25.9. The minimum Gasteiger partial charge on any atom is -0.490 e. The first kappa shape index (κ1) is 26.2. The Kier molecular flexibility index (Phi) is 7.74. The molecule has 1 fully saturated rings. The van der Waals surface area contributed by atoms with Gasteiger partial charge in [0.15, 0.2) is 0 Å². The van der Waals surface area contributed by atoms with Crippen molar-refractivity contribution in [2.24, 2.45) is 0 Å². The highest BCUT2D eigenvalue weighted by atomic mass is 35.5. The Hall–Kier alpha value is -4.43. The number of carbonyl (C=O) groups is 2. The number of benzene rings is 2. The van der Waals surface area contributed by atoms with Crippen LogP contribution in [0.2, 0.25) is 0 Å². The van der Waals surface area contributed by atoms with Gasteiger partial charge in [-0.2, -0.15) is 0 Å². The van der Waals surface area contributed by atoms with Crippen LogP contribution in [-0.2, 0) is 4.79 Å². The first-order chi connectivity index (χ1) is 18.7. The smallest absolute Gasteiger partial charge is 0.258 e. The number of pyridine rings is 2. The quantitative estimate of drug-likeness (QED) is 0.317. The topological polar surface area (TPSA) is 91.4 Å². The fraction of sp³-hybridized carbons (Fsp3) is 0.200. The monoisotopic (exact) mass is 541 g/mol. The standard InChI is InChI=1S/C30H27N5O3.ClH/c36-28(34-17-11-25(12-18-34)38-24-9-14-31-15-10-24)20-35(27-5-1-3-22-4-2-13-33-29(22)27)30(37)23-7-6-21-8-16-32-26(21)19-23;/h1-10,13-16,19,25,32H,11-12,17-18,20H2;1H. The van der Waals surface area contributed by atoms with Crippen molar-refractivity contribution in [3.05, 3.63) is 97.1 Å². The summed E-state index contributed by atoms with van der Waals surface area (Å²) in [5.41, 5.74) is 2.67. The van der Waals surface area contributed by atoms with E-state index in [2.05, 4.69) is 15.0 Å². The van der Waals surface area contributed by atoms with Crippen LogP contribution in [0, 0.1) is 0 Å². The third kappa shape index (κ3) is 5.56. The van der Waals surface area contributed by atoms with Crippen molar-refractivity contribution < 1.29 is 14.3 Å². The second kappa shape index (κ2) is 11.5. The number of halogens is 1. The first-order valence-electron chi connectivity index (χ1n) is 12.7.